The first-order valence-corrected chi connectivity index (χ1v) is 12.1. The minimum Gasteiger partial charge on any atom is -0.378 e. The van der Waals surface area contributed by atoms with Gasteiger partial charge >= 0.3 is 0 Å². The summed E-state index contributed by atoms with van der Waals surface area (Å²) >= 11 is 0. The topological polar surface area (TPSA) is 141 Å². The molecule has 11 nitrogen and oxygen atoms in total. The molecule has 35 heavy (non-hydrogen) atoms. The first-order chi connectivity index (χ1) is 17.1. The van der Waals surface area contributed by atoms with Gasteiger partial charge in [0.1, 0.15) is 6.04 Å². The second-order valence-electron chi connectivity index (χ2n) is 8.31. The standard InChI is InChI=1S/C24H36N4O7/c25-5-7-32-9-11-34-13-14-35-12-10-33-8-6-26-16-18-1-2-19-17-28(24(31)20(19)15-18)21-3-4-22(29)27-23(21)30/h1-2,15,21,26H,3-14,16-17,25H2,(H,27,29,30). The summed E-state index contributed by atoms with van der Waals surface area (Å²) in [5.74, 6) is -0.844. The fourth-order valence-corrected chi connectivity index (χ4v) is 3.93. The van der Waals surface area contributed by atoms with Gasteiger partial charge in [0.05, 0.1) is 52.9 Å². The zero-order chi connectivity index (χ0) is 24.9. The molecular formula is C24H36N4O7. The van der Waals surface area contributed by atoms with Gasteiger partial charge in [0.2, 0.25) is 11.8 Å². The van der Waals surface area contributed by atoms with Crippen LogP contribution in [0.3, 0.4) is 0 Å². The maximum absolute atomic E-state index is 12.9. The van der Waals surface area contributed by atoms with Crippen LogP contribution in [-0.4, -0.2) is 94.6 Å². The molecule has 1 saturated heterocycles. The number of hydrogen-bond acceptors (Lipinski definition) is 9. The van der Waals surface area contributed by atoms with Crippen LogP contribution in [0.1, 0.15) is 34.3 Å². The third kappa shape index (κ3) is 8.64. The average Bonchev–Trinajstić information content (AvgIpc) is 3.17. The van der Waals surface area contributed by atoms with E-state index >= 15 is 0 Å². The Morgan fingerprint density at radius 2 is 1.60 bits per heavy atom. The van der Waals surface area contributed by atoms with Gasteiger partial charge in [0.25, 0.3) is 5.91 Å². The lowest BCUT2D eigenvalue weighted by atomic mass is 10.0. The first kappa shape index (κ1) is 27.2. The minimum atomic E-state index is -0.594. The molecule has 0 radical (unpaired) electrons. The van der Waals surface area contributed by atoms with Crippen molar-refractivity contribution in [3.8, 4) is 0 Å². The first-order valence-electron chi connectivity index (χ1n) is 12.1. The number of nitrogens with two attached hydrogens (primary N) is 1. The number of piperidine rings is 1. The molecule has 1 atom stereocenters. The molecule has 2 aliphatic rings. The molecule has 1 aromatic carbocycles. The van der Waals surface area contributed by atoms with Crippen LogP contribution >= 0.6 is 0 Å². The number of fused-ring (bicyclic) bond motifs is 1. The fraction of sp³-hybridized carbons (Fsp3) is 0.625. The monoisotopic (exact) mass is 492 g/mol. The molecule has 0 aromatic heterocycles. The summed E-state index contributed by atoms with van der Waals surface area (Å²) in [6.07, 6.45) is 0.614. The van der Waals surface area contributed by atoms with E-state index in [2.05, 4.69) is 10.6 Å². The molecular weight excluding hydrogens is 456 g/mol. The Balaban J connectivity index is 1.24. The molecule has 194 valence electrons. The molecule has 3 rings (SSSR count). The van der Waals surface area contributed by atoms with Crippen LogP contribution < -0.4 is 16.4 Å². The highest BCUT2D eigenvalue weighted by Gasteiger charge is 2.39. The molecule has 1 aromatic rings. The molecule has 2 heterocycles. The highest BCUT2D eigenvalue weighted by molar-refractivity contribution is 6.05. The highest BCUT2D eigenvalue weighted by atomic mass is 16.6. The second kappa shape index (κ2) is 14.9. The van der Waals surface area contributed by atoms with Crippen molar-refractivity contribution in [1.29, 1.82) is 0 Å². The second-order valence-corrected chi connectivity index (χ2v) is 8.31. The quantitative estimate of drug-likeness (QED) is 0.195. The Kier molecular flexibility index (Phi) is 11.5. The summed E-state index contributed by atoms with van der Waals surface area (Å²) < 4.78 is 21.6. The van der Waals surface area contributed by atoms with Crippen LogP contribution in [0.5, 0.6) is 0 Å². The van der Waals surface area contributed by atoms with Gasteiger partial charge < -0.3 is 34.9 Å². The Morgan fingerprint density at radius 1 is 0.943 bits per heavy atom. The fourth-order valence-electron chi connectivity index (χ4n) is 3.93. The number of amides is 3. The molecule has 11 heteroatoms. The summed E-state index contributed by atoms with van der Waals surface area (Å²) in [5.41, 5.74) is 7.83. The lowest BCUT2D eigenvalue weighted by molar-refractivity contribution is -0.136. The van der Waals surface area contributed by atoms with E-state index in [1.807, 2.05) is 18.2 Å². The van der Waals surface area contributed by atoms with Crippen molar-refractivity contribution in [3.63, 3.8) is 0 Å². The molecule has 4 N–H and O–H groups in total. The van der Waals surface area contributed by atoms with Gasteiger partial charge in [0, 0.05) is 38.2 Å². The minimum absolute atomic E-state index is 0.162. The number of nitrogens with zero attached hydrogens (tertiary/aromatic N) is 1. The maximum atomic E-state index is 12.9. The van der Waals surface area contributed by atoms with Crippen molar-refractivity contribution in [2.45, 2.75) is 32.0 Å². The van der Waals surface area contributed by atoms with E-state index in [9.17, 15) is 14.4 Å². The Bertz CT molecular complexity index is 851. The molecule has 0 aliphatic carbocycles. The predicted octanol–water partition coefficient (Wildman–Crippen LogP) is -0.438. The van der Waals surface area contributed by atoms with E-state index < -0.39 is 11.9 Å². The number of benzene rings is 1. The largest absolute Gasteiger partial charge is 0.378 e. The van der Waals surface area contributed by atoms with E-state index in [1.54, 1.807) is 4.90 Å². The molecule has 1 unspecified atom stereocenters. The number of carbonyl (C=O) groups excluding carboxylic acids is 3. The van der Waals surface area contributed by atoms with Crippen molar-refractivity contribution in [3.05, 3.63) is 34.9 Å². The van der Waals surface area contributed by atoms with Crippen LogP contribution in [0, 0.1) is 0 Å². The third-order valence-corrected chi connectivity index (χ3v) is 5.72. The smallest absolute Gasteiger partial charge is 0.255 e. The molecule has 2 aliphatic heterocycles. The zero-order valence-corrected chi connectivity index (χ0v) is 20.1. The van der Waals surface area contributed by atoms with Gasteiger partial charge in [-0.1, -0.05) is 12.1 Å². The predicted molar refractivity (Wildman–Crippen MR) is 127 cm³/mol. The average molecular weight is 493 g/mol. The number of hydrogen-bond donors (Lipinski definition) is 3. The molecule has 3 amide bonds. The summed E-state index contributed by atoms with van der Waals surface area (Å²) in [6, 6.07) is 5.19. The van der Waals surface area contributed by atoms with Gasteiger partial charge in [-0.15, -0.1) is 0 Å². The lowest BCUT2D eigenvalue weighted by Gasteiger charge is -2.29. The van der Waals surface area contributed by atoms with Gasteiger partial charge in [-0.2, -0.15) is 0 Å². The molecule has 0 spiro atoms. The summed E-state index contributed by atoms with van der Waals surface area (Å²) in [6.45, 7) is 6.37. The van der Waals surface area contributed by atoms with E-state index in [0.29, 0.717) is 91.0 Å². The SMILES string of the molecule is NCCOCCOCCOCCOCCNCc1ccc2c(c1)C(=O)N(C1CCC(=O)NC1=O)C2. The highest BCUT2D eigenvalue weighted by Crippen LogP contribution is 2.28. The molecule has 1 fully saturated rings. The van der Waals surface area contributed by atoms with Crippen molar-refractivity contribution in [1.82, 2.24) is 15.5 Å². The van der Waals surface area contributed by atoms with E-state index in [-0.39, 0.29) is 18.2 Å². The Labute approximate surface area is 205 Å². The third-order valence-electron chi connectivity index (χ3n) is 5.72. The molecule has 0 bridgehead atoms. The van der Waals surface area contributed by atoms with Crippen LogP contribution in [0.4, 0.5) is 0 Å². The summed E-state index contributed by atoms with van der Waals surface area (Å²) in [5, 5.41) is 5.62. The van der Waals surface area contributed by atoms with Crippen molar-refractivity contribution < 1.29 is 33.3 Å². The van der Waals surface area contributed by atoms with Gasteiger partial charge in [-0.25, -0.2) is 0 Å². The number of carbonyl (C=O) groups is 3. The summed E-state index contributed by atoms with van der Waals surface area (Å²) in [4.78, 5) is 38.0. The van der Waals surface area contributed by atoms with Gasteiger partial charge in [-0.05, 0) is 23.6 Å². The van der Waals surface area contributed by atoms with Crippen LogP contribution in [0.2, 0.25) is 0 Å². The normalized spacial score (nSPS) is 17.7. The number of imide groups is 1. The van der Waals surface area contributed by atoms with E-state index in [0.717, 1.165) is 11.1 Å². The van der Waals surface area contributed by atoms with Crippen molar-refractivity contribution in [2.75, 3.05) is 65.9 Å². The van der Waals surface area contributed by atoms with Crippen LogP contribution in [0.25, 0.3) is 0 Å². The Hall–Kier alpha value is -2.41. The Morgan fingerprint density at radius 3 is 2.26 bits per heavy atom. The number of nitrogens with one attached hydrogen (secondary N) is 2. The summed E-state index contributed by atoms with van der Waals surface area (Å²) in [7, 11) is 0. The number of rotatable bonds is 17. The van der Waals surface area contributed by atoms with Crippen LogP contribution in [0.15, 0.2) is 18.2 Å². The number of ether oxygens (including phenoxy) is 4. The zero-order valence-electron chi connectivity index (χ0n) is 20.1. The van der Waals surface area contributed by atoms with E-state index in [1.165, 1.54) is 0 Å². The van der Waals surface area contributed by atoms with Gasteiger partial charge in [-0.3, -0.25) is 19.7 Å². The van der Waals surface area contributed by atoms with Crippen molar-refractivity contribution >= 4 is 17.7 Å². The van der Waals surface area contributed by atoms with Crippen molar-refractivity contribution in [2.24, 2.45) is 5.73 Å². The molecule has 0 saturated carbocycles. The lowest BCUT2D eigenvalue weighted by Crippen LogP contribution is -2.52. The van der Waals surface area contributed by atoms with E-state index in [4.69, 9.17) is 24.7 Å². The maximum Gasteiger partial charge on any atom is 0.255 e. The van der Waals surface area contributed by atoms with Crippen LogP contribution in [-0.2, 0) is 41.6 Å². The van der Waals surface area contributed by atoms with Gasteiger partial charge in [0.15, 0.2) is 0 Å².